The predicted octanol–water partition coefficient (Wildman–Crippen LogP) is 5.72. The van der Waals surface area contributed by atoms with E-state index in [1.54, 1.807) is 31.2 Å². The highest BCUT2D eigenvalue weighted by molar-refractivity contribution is 8.04. The number of thioether (sulfide) groups is 1. The minimum Gasteiger partial charge on any atom is -0.462 e. The first-order valence-electron chi connectivity index (χ1n) is 11.4. The molecule has 0 aliphatic carbocycles. The summed E-state index contributed by atoms with van der Waals surface area (Å²) in [5.74, 6) is -1.32. The Kier molecular flexibility index (Phi) is 7.36. The fourth-order valence-corrected chi connectivity index (χ4v) is 4.53. The van der Waals surface area contributed by atoms with Gasteiger partial charge in [-0.05, 0) is 74.4 Å². The third kappa shape index (κ3) is 5.30. The first-order chi connectivity index (χ1) is 16.9. The summed E-state index contributed by atoms with van der Waals surface area (Å²) in [7, 11) is 0. The van der Waals surface area contributed by atoms with Crippen LogP contribution in [0.25, 0.3) is 0 Å². The molecule has 0 fully saturated rings. The molecule has 0 saturated heterocycles. The van der Waals surface area contributed by atoms with Crippen molar-refractivity contribution >= 4 is 40.9 Å². The first-order valence-corrected chi connectivity index (χ1v) is 12.2. The van der Waals surface area contributed by atoms with E-state index in [0.717, 1.165) is 27.5 Å². The lowest BCUT2D eigenvalue weighted by molar-refractivity contribution is -0.120. The van der Waals surface area contributed by atoms with Crippen molar-refractivity contribution in [1.29, 1.82) is 0 Å². The van der Waals surface area contributed by atoms with Crippen molar-refractivity contribution < 1.29 is 19.1 Å². The molecule has 178 valence electrons. The number of rotatable bonds is 8. The average molecular weight is 487 g/mol. The molecule has 6 nitrogen and oxygen atoms in total. The van der Waals surface area contributed by atoms with Gasteiger partial charge in [0, 0.05) is 10.6 Å². The zero-order chi connectivity index (χ0) is 24.9. The van der Waals surface area contributed by atoms with E-state index in [-0.39, 0.29) is 12.3 Å². The average Bonchev–Trinajstić information content (AvgIpc) is 3.10. The maximum absolute atomic E-state index is 13.5. The number of imide groups is 1. The van der Waals surface area contributed by atoms with E-state index in [1.165, 1.54) is 17.3 Å². The van der Waals surface area contributed by atoms with Gasteiger partial charge < -0.3 is 10.1 Å². The molecule has 4 rings (SSSR count). The van der Waals surface area contributed by atoms with Crippen LogP contribution < -0.4 is 10.2 Å². The summed E-state index contributed by atoms with van der Waals surface area (Å²) in [6, 6.07) is 21.8. The van der Waals surface area contributed by atoms with Gasteiger partial charge in [0.1, 0.15) is 10.6 Å². The van der Waals surface area contributed by atoms with Gasteiger partial charge in [0.2, 0.25) is 0 Å². The molecule has 0 aromatic heterocycles. The van der Waals surface area contributed by atoms with Gasteiger partial charge in [0.05, 0.1) is 17.9 Å². The third-order valence-corrected chi connectivity index (χ3v) is 6.64. The second-order valence-electron chi connectivity index (χ2n) is 8.01. The Morgan fingerprint density at radius 1 is 0.886 bits per heavy atom. The van der Waals surface area contributed by atoms with Crippen molar-refractivity contribution in [2.45, 2.75) is 32.1 Å². The van der Waals surface area contributed by atoms with Crippen LogP contribution in [0.4, 0.5) is 11.4 Å². The predicted molar refractivity (Wildman–Crippen MR) is 138 cm³/mol. The lowest BCUT2D eigenvalue weighted by atomic mass is 10.1. The van der Waals surface area contributed by atoms with Crippen LogP contribution in [0.5, 0.6) is 0 Å². The number of anilines is 2. The molecule has 1 heterocycles. The number of esters is 1. The van der Waals surface area contributed by atoms with Crippen LogP contribution in [0.3, 0.4) is 0 Å². The number of benzene rings is 3. The van der Waals surface area contributed by atoms with Crippen molar-refractivity contribution in [1.82, 2.24) is 0 Å². The molecule has 0 spiro atoms. The van der Waals surface area contributed by atoms with Gasteiger partial charge in [0.15, 0.2) is 0 Å². The van der Waals surface area contributed by atoms with E-state index in [1.807, 2.05) is 55.5 Å². The van der Waals surface area contributed by atoms with Crippen molar-refractivity contribution in [3.05, 3.63) is 100 Å². The zero-order valence-electron chi connectivity index (χ0n) is 19.8. The summed E-state index contributed by atoms with van der Waals surface area (Å²) >= 11 is 1.25. The molecule has 0 saturated carbocycles. The number of carbonyl (C=O) groups is 3. The summed E-state index contributed by atoms with van der Waals surface area (Å²) in [6.45, 7) is 6.07. The maximum atomic E-state index is 13.5. The number of carbonyl (C=O) groups excluding carboxylic acids is 3. The molecule has 35 heavy (non-hydrogen) atoms. The Hall–Kier alpha value is -3.84. The smallest absolute Gasteiger partial charge is 0.338 e. The summed E-state index contributed by atoms with van der Waals surface area (Å²) in [4.78, 5) is 41.3. The van der Waals surface area contributed by atoms with E-state index >= 15 is 0 Å². The fraction of sp³-hybridized carbons (Fsp3) is 0.179. The molecule has 2 amide bonds. The molecule has 3 aromatic carbocycles. The summed E-state index contributed by atoms with van der Waals surface area (Å²) < 4.78 is 5.02. The van der Waals surface area contributed by atoms with E-state index < -0.39 is 17.8 Å². The van der Waals surface area contributed by atoms with Crippen LogP contribution in [0.2, 0.25) is 0 Å². The Balaban J connectivity index is 1.67. The molecule has 1 N–H and O–H groups in total. The van der Waals surface area contributed by atoms with E-state index in [0.29, 0.717) is 16.2 Å². The number of nitrogens with one attached hydrogen (secondary N) is 1. The number of ether oxygens (including phenoxy) is 1. The second kappa shape index (κ2) is 10.6. The molecule has 1 aliphatic heterocycles. The molecule has 0 radical (unpaired) electrons. The highest BCUT2D eigenvalue weighted by Gasteiger charge is 2.40. The Morgan fingerprint density at radius 2 is 1.54 bits per heavy atom. The molecule has 0 unspecified atom stereocenters. The van der Waals surface area contributed by atoms with Gasteiger partial charge in [-0.1, -0.05) is 48.5 Å². The van der Waals surface area contributed by atoms with Crippen LogP contribution in [0.15, 0.2) is 88.3 Å². The van der Waals surface area contributed by atoms with Crippen molar-refractivity contribution in [3.8, 4) is 0 Å². The van der Waals surface area contributed by atoms with Gasteiger partial charge in [0.25, 0.3) is 11.8 Å². The maximum Gasteiger partial charge on any atom is 0.338 e. The molecule has 1 aliphatic rings. The lowest BCUT2D eigenvalue weighted by Crippen LogP contribution is -2.32. The summed E-state index contributed by atoms with van der Waals surface area (Å²) in [5, 5.41) is 3.17. The second-order valence-corrected chi connectivity index (χ2v) is 9.09. The zero-order valence-corrected chi connectivity index (χ0v) is 20.6. The standard InChI is InChI=1S/C28H26N2O4S/c1-4-19-8-12-21(13-9-19)29-24-25(35-23-16-6-18(3)7-17-23)27(32)30(26(24)31)22-14-10-20(11-15-22)28(33)34-5-2/h6-17,29H,4-5H2,1-3H3. The van der Waals surface area contributed by atoms with Gasteiger partial charge in [-0.2, -0.15) is 0 Å². The number of amides is 2. The topological polar surface area (TPSA) is 75.7 Å². The van der Waals surface area contributed by atoms with Crippen LogP contribution in [-0.2, 0) is 20.7 Å². The Labute approximate surface area is 209 Å². The minimum absolute atomic E-state index is 0.222. The van der Waals surface area contributed by atoms with Crippen LogP contribution in [0.1, 0.15) is 35.3 Å². The van der Waals surface area contributed by atoms with Crippen LogP contribution in [-0.4, -0.2) is 24.4 Å². The number of aryl methyl sites for hydroxylation is 2. The van der Waals surface area contributed by atoms with E-state index in [4.69, 9.17) is 4.74 Å². The van der Waals surface area contributed by atoms with Crippen molar-refractivity contribution in [2.75, 3.05) is 16.8 Å². The molecule has 7 heteroatoms. The van der Waals surface area contributed by atoms with Gasteiger partial charge in [-0.25, -0.2) is 9.69 Å². The van der Waals surface area contributed by atoms with Crippen molar-refractivity contribution in [2.24, 2.45) is 0 Å². The van der Waals surface area contributed by atoms with Gasteiger partial charge in [-0.15, -0.1) is 0 Å². The SMILES string of the molecule is CCOC(=O)c1ccc(N2C(=O)C(Nc3ccc(CC)cc3)=C(Sc3ccc(C)cc3)C2=O)cc1. The highest BCUT2D eigenvalue weighted by atomic mass is 32.2. The van der Waals surface area contributed by atoms with E-state index in [2.05, 4.69) is 12.2 Å². The number of hydrogen-bond acceptors (Lipinski definition) is 6. The Bertz CT molecular complexity index is 1280. The van der Waals surface area contributed by atoms with Gasteiger partial charge in [-0.3, -0.25) is 9.59 Å². The molecular formula is C28H26N2O4S. The Morgan fingerprint density at radius 3 is 2.14 bits per heavy atom. The highest BCUT2D eigenvalue weighted by Crippen LogP contribution is 2.38. The normalized spacial score (nSPS) is 13.4. The quantitative estimate of drug-likeness (QED) is 0.324. The third-order valence-electron chi connectivity index (χ3n) is 5.55. The molecular weight excluding hydrogens is 460 g/mol. The summed E-state index contributed by atoms with van der Waals surface area (Å²) in [5.41, 5.74) is 3.96. The van der Waals surface area contributed by atoms with Gasteiger partial charge >= 0.3 is 5.97 Å². The fourth-order valence-electron chi connectivity index (χ4n) is 3.60. The molecule has 3 aromatic rings. The van der Waals surface area contributed by atoms with Crippen LogP contribution >= 0.6 is 11.8 Å². The minimum atomic E-state index is -0.454. The monoisotopic (exact) mass is 486 g/mol. The molecule has 0 bridgehead atoms. The largest absolute Gasteiger partial charge is 0.462 e. The number of hydrogen-bond donors (Lipinski definition) is 1. The molecule has 0 atom stereocenters. The van der Waals surface area contributed by atoms with Crippen molar-refractivity contribution in [3.63, 3.8) is 0 Å². The lowest BCUT2D eigenvalue weighted by Gasteiger charge is -2.16. The summed E-state index contributed by atoms with van der Waals surface area (Å²) in [6.07, 6.45) is 0.907. The van der Waals surface area contributed by atoms with Crippen LogP contribution in [0, 0.1) is 6.92 Å². The number of nitrogens with zero attached hydrogens (tertiary/aromatic N) is 1. The van der Waals surface area contributed by atoms with E-state index in [9.17, 15) is 14.4 Å². The first kappa shape index (κ1) is 24.3.